The summed E-state index contributed by atoms with van der Waals surface area (Å²) in [6.45, 7) is 7.04. The van der Waals surface area contributed by atoms with Crippen molar-refractivity contribution >= 4 is 11.7 Å². The monoisotopic (exact) mass is 316 g/mol. The molecule has 6 nitrogen and oxygen atoms in total. The highest BCUT2D eigenvalue weighted by Crippen LogP contribution is 2.16. The molecule has 3 heterocycles. The van der Waals surface area contributed by atoms with Crippen molar-refractivity contribution in [2.24, 2.45) is 0 Å². The number of piperidine rings is 1. The highest BCUT2D eigenvalue weighted by molar-refractivity contribution is 5.67. The van der Waals surface area contributed by atoms with Gasteiger partial charge in [-0.1, -0.05) is 6.07 Å². The van der Waals surface area contributed by atoms with Crippen LogP contribution in [0, 0.1) is 6.92 Å². The van der Waals surface area contributed by atoms with Crippen LogP contribution in [0.2, 0.25) is 0 Å². The third kappa shape index (κ3) is 3.82. The van der Waals surface area contributed by atoms with Gasteiger partial charge in [-0.3, -0.25) is 4.90 Å². The molecule has 1 N–H and O–H groups in total. The quantitative estimate of drug-likeness (QED) is 0.941. The molecule has 0 bridgehead atoms. The van der Waals surface area contributed by atoms with Crippen molar-refractivity contribution in [3.05, 3.63) is 35.8 Å². The van der Waals surface area contributed by atoms with Gasteiger partial charge in [-0.15, -0.1) is 0 Å². The molecular formula is C17H24N4O2. The summed E-state index contributed by atoms with van der Waals surface area (Å²) in [6, 6.07) is 4.27. The lowest BCUT2D eigenvalue weighted by Crippen LogP contribution is -2.47. The minimum Gasteiger partial charge on any atom is -0.450 e. The topological polar surface area (TPSA) is 58.9 Å². The number of rotatable bonds is 4. The second-order valence-electron chi connectivity index (χ2n) is 6.12. The molecule has 0 radical (unpaired) electrons. The number of aromatic nitrogens is 2. The van der Waals surface area contributed by atoms with Gasteiger partial charge >= 0.3 is 6.09 Å². The van der Waals surface area contributed by atoms with Crippen molar-refractivity contribution in [1.82, 2.24) is 19.6 Å². The van der Waals surface area contributed by atoms with E-state index in [1.165, 1.54) is 11.3 Å². The normalized spacial score (nSPS) is 19.0. The first-order valence-electron chi connectivity index (χ1n) is 8.24. The third-order valence-electron chi connectivity index (χ3n) is 4.22. The lowest BCUT2D eigenvalue weighted by atomic mass is 10.1. The number of carbonyl (C=O) groups excluding carboxylic acids is 1. The van der Waals surface area contributed by atoms with Crippen molar-refractivity contribution in [1.29, 1.82) is 0 Å². The van der Waals surface area contributed by atoms with E-state index in [-0.39, 0.29) is 12.1 Å². The van der Waals surface area contributed by atoms with E-state index >= 15 is 0 Å². The first-order valence-corrected chi connectivity index (χ1v) is 8.24. The summed E-state index contributed by atoms with van der Waals surface area (Å²) in [7, 11) is 0. The van der Waals surface area contributed by atoms with Crippen LogP contribution in [0.15, 0.2) is 24.5 Å². The number of hydrogen-bond acceptors (Lipinski definition) is 4. The van der Waals surface area contributed by atoms with E-state index in [4.69, 9.17) is 4.74 Å². The van der Waals surface area contributed by atoms with Gasteiger partial charge in [-0.25, -0.2) is 9.78 Å². The number of carbonyl (C=O) groups is 1. The fourth-order valence-corrected chi connectivity index (χ4v) is 3.14. The molecular weight excluding hydrogens is 292 g/mol. The van der Waals surface area contributed by atoms with Crippen LogP contribution >= 0.6 is 0 Å². The molecule has 3 rings (SSSR count). The Kier molecular flexibility index (Phi) is 4.81. The second-order valence-corrected chi connectivity index (χ2v) is 6.12. The minimum absolute atomic E-state index is 0.156. The summed E-state index contributed by atoms with van der Waals surface area (Å²) in [5.41, 5.74) is 3.38. The van der Waals surface area contributed by atoms with Crippen LogP contribution in [0.4, 0.5) is 4.79 Å². The van der Waals surface area contributed by atoms with Gasteiger partial charge in [0.05, 0.1) is 18.5 Å². The van der Waals surface area contributed by atoms with Crippen LogP contribution in [0.25, 0.3) is 5.65 Å². The fourth-order valence-electron chi connectivity index (χ4n) is 3.14. The molecule has 2 aromatic rings. The van der Waals surface area contributed by atoms with E-state index in [2.05, 4.69) is 38.8 Å². The molecule has 124 valence electrons. The summed E-state index contributed by atoms with van der Waals surface area (Å²) in [5, 5.41) is 2.95. The Bertz CT molecular complexity index is 682. The summed E-state index contributed by atoms with van der Waals surface area (Å²) in [5.74, 6) is 0. The van der Waals surface area contributed by atoms with Crippen LogP contribution < -0.4 is 5.32 Å². The van der Waals surface area contributed by atoms with Crippen molar-refractivity contribution in [2.45, 2.75) is 39.3 Å². The predicted molar refractivity (Wildman–Crippen MR) is 88.4 cm³/mol. The van der Waals surface area contributed by atoms with Crippen LogP contribution in [-0.2, 0) is 11.3 Å². The summed E-state index contributed by atoms with van der Waals surface area (Å²) >= 11 is 0. The molecule has 0 aromatic carbocycles. The van der Waals surface area contributed by atoms with Gasteiger partial charge in [0, 0.05) is 25.3 Å². The number of ether oxygens (including phenoxy) is 1. The van der Waals surface area contributed by atoms with E-state index in [1.54, 1.807) is 0 Å². The number of imidazole rings is 1. The SMILES string of the molecule is CCOC(=O)NC1CCCN(Cc2cnc3ccc(C)cn23)C1. The van der Waals surface area contributed by atoms with E-state index in [0.717, 1.165) is 38.1 Å². The molecule has 1 unspecified atom stereocenters. The molecule has 6 heteroatoms. The van der Waals surface area contributed by atoms with Gasteiger partial charge in [0.15, 0.2) is 0 Å². The van der Waals surface area contributed by atoms with Gasteiger partial charge in [0.2, 0.25) is 0 Å². The highest BCUT2D eigenvalue weighted by atomic mass is 16.5. The Hall–Kier alpha value is -2.08. The van der Waals surface area contributed by atoms with Crippen LogP contribution in [0.3, 0.4) is 0 Å². The molecule has 1 aliphatic rings. The fraction of sp³-hybridized carbons (Fsp3) is 0.529. The van der Waals surface area contributed by atoms with Gasteiger partial charge < -0.3 is 14.5 Å². The molecule has 1 amide bonds. The Morgan fingerprint density at radius 2 is 2.35 bits per heavy atom. The standard InChI is InChI=1S/C17H24N4O2/c1-3-23-17(22)19-14-5-4-8-20(11-14)12-15-9-18-16-7-6-13(2)10-21(15)16/h6-7,9-10,14H,3-5,8,11-12H2,1-2H3,(H,19,22). The summed E-state index contributed by atoms with van der Waals surface area (Å²) in [6.07, 6.45) is 5.83. The van der Waals surface area contributed by atoms with Crippen LogP contribution in [0.1, 0.15) is 31.0 Å². The van der Waals surface area contributed by atoms with E-state index in [9.17, 15) is 4.79 Å². The van der Waals surface area contributed by atoms with Crippen molar-refractivity contribution in [3.8, 4) is 0 Å². The zero-order chi connectivity index (χ0) is 16.2. The molecule has 1 aliphatic heterocycles. The summed E-state index contributed by atoms with van der Waals surface area (Å²) in [4.78, 5) is 18.4. The molecule has 0 spiro atoms. The first-order chi connectivity index (χ1) is 11.2. The van der Waals surface area contributed by atoms with Gasteiger partial charge in [-0.05, 0) is 44.9 Å². The number of fused-ring (bicyclic) bond motifs is 1. The molecule has 1 atom stereocenters. The number of amides is 1. The number of alkyl carbamates (subject to hydrolysis) is 1. The number of hydrogen-bond donors (Lipinski definition) is 1. The highest BCUT2D eigenvalue weighted by Gasteiger charge is 2.22. The van der Waals surface area contributed by atoms with Crippen molar-refractivity contribution in [3.63, 3.8) is 0 Å². The van der Waals surface area contributed by atoms with Crippen molar-refractivity contribution < 1.29 is 9.53 Å². The smallest absolute Gasteiger partial charge is 0.407 e. The Labute approximate surface area is 136 Å². The zero-order valence-electron chi connectivity index (χ0n) is 13.8. The van der Waals surface area contributed by atoms with E-state index in [0.29, 0.717) is 6.61 Å². The van der Waals surface area contributed by atoms with Gasteiger partial charge in [-0.2, -0.15) is 0 Å². The Morgan fingerprint density at radius 3 is 3.17 bits per heavy atom. The van der Waals surface area contributed by atoms with Gasteiger partial charge in [0.1, 0.15) is 5.65 Å². The molecule has 23 heavy (non-hydrogen) atoms. The first kappa shape index (κ1) is 15.8. The zero-order valence-corrected chi connectivity index (χ0v) is 13.8. The van der Waals surface area contributed by atoms with E-state index < -0.39 is 0 Å². The van der Waals surface area contributed by atoms with E-state index in [1.807, 2.05) is 19.2 Å². The average molecular weight is 316 g/mol. The number of aryl methyl sites for hydroxylation is 1. The summed E-state index contributed by atoms with van der Waals surface area (Å²) < 4.78 is 7.12. The largest absolute Gasteiger partial charge is 0.450 e. The molecule has 0 saturated carbocycles. The number of likely N-dealkylation sites (tertiary alicyclic amines) is 1. The maximum atomic E-state index is 11.6. The van der Waals surface area contributed by atoms with Crippen LogP contribution in [0.5, 0.6) is 0 Å². The second kappa shape index (κ2) is 7.00. The maximum Gasteiger partial charge on any atom is 0.407 e. The van der Waals surface area contributed by atoms with Crippen LogP contribution in [-0.4, -0.2) is 46.1 Å². The molecule has 2 aromatic heterocycles. The van der Waals surface area contributed by atoms with Gasteiger partial charge in [0.25, 0.3) is 0 Å². The Morgan fingerprint density at radius 1 is 1.48 bits per heavy atom. The average Bonchev–Trinajstić information content (AvgIpc) is 2.90. The molecule has 1 saturated heterocycles. The number of nitrogens with zero attached hydrogens (tertiary/aromatic N) is 3. The maximum absolute atomic E-state index is 11.6. The third-order valence-corrected chi connectivity index (χ3v) is 4.22. The molecule has 1 fully saturated rings. The minimum atomic E-state index is -0.315. The number of nitrogens with one attached hydrogen (secondary N) is 1. The van der Waals surface area contributed by atoms with Crippen molar-refractivity contribution in [2.75, 3.05) is 19.7 Å². The number of pyridine rings is 1. The Balaban J connectivity index is 1.64. The lowest BCUT2D eigenvalue weighted by Gasteiger charge is -2.32. The predicted octanol–water partition coefficient (Wildman–Crippen LogP) is 2.35. The molecule has 0 aliphatic carbocycles. The lowest BCUT2D eigenvalue weighted by molar-refractivity contribution is 0.132.